The molecule has 28 heavy (non-hydrogen) atoms. The van der Waals surface area contributed by atoms with Gasteiger partial charge in [-0.15, -0.1) is 11.3 Å². The molecule has 2 heterocycles. The Balaban J connectivity index is 1.70. The maximum absolute atomic E-state index is 12.9. The van der Waals surface area contributed by atoms with Crippen LogP contribution in [0.25, 0.3) is 21.9 Å². The number of esters is 1. The van der Waals surface area contributed by atoms with Gasteiger partial charge in [-0.25, -0.2) is 4.79 Å². The number of carbonyl (C=O) groups excluding carboxylic acids is 2. The normalized spacial score (nSPS) is 11.1. The molecule has 142 valence electrons. The van der Waals surface area contributed by atoms with Crippen LogP contribution in [0, 0.1) is 13.8 Å². The molecule has 0 saturated heterocycles. The van der Waals surface area contributed by atoms with Crippen LogP contribution in [-0.4, -0.2) is 18.5 Å². The van der Waals surface area contributed by atoms with Crippen LogP contribution in [0.1, 0.15) is 38.1 Å². The highest BCUT2D eigenvalue weighted by Gasteiger charge is 2.22. The number of nitrogens with one attached hydrogen (secondary N) is 1. The van der Waals surface area contributed by atoms with E-state index < -0.39 is 5.97 Å². The van der Waals surface area contributed by atoms with Gasteiger partial charge in [0.05, 0.1) is 12.2 Å². The second kappa shape index (κ2) is 7.13. The smallest absolute Gasteiger partial charge is 0.341 e. The third-order valence-corrected chi connectivity index (χ3v) is 5.85. The minimum Gasteiger partial charge on any atom is -0.462 e. The number of carbonyl (C=O) groups is 2. The quantitative estimate of drug-likeness (QED) is 0.452. The van der Waals surface area contributed by atoms with Gasteiger partial charge < -0.3 is 14.5 Å². The van der Waals surface area contributed by atoms with Crippen LogP contribution in [0.15, 0.2) is 46.9 Å². The summed E-state index contributed by atoms with van der Waals surface area (Å²) in [5.41, 5.74) is 3.26. The zero-order chi connectivity index (χ0) is 19.8. The fraction of sp³-hybridized carbons (Fsp3) is 0.182. The molecule has 0 atom stereocenters. The summed E-state index contributed by atoms with van der Waals surface area (Å²) in [7, 11) is 0. The zero-order valence-corrected chi connectivity index (χ0v) is 16.6. The number of rotatable bonds is 4. The maximum atomic E-state index is 12.9. The van der Waals surface area contributed by atoms with E-state index in [1.54, 1.807) is 19.1 Å². The van der Waals surface area contributed by atoms with Gasteiger partial charge in [0.15, 0.2) is 0 Å². The Morgan fingerprint density at radius 3 is 2.61 bits per heavy atom. The first-order valence-electron chi connectivity index (χ1n) is 8.99. The molecule has 0 aliphatic rings. The van der Waals surface area contributed by atoms with Gasteiger partial charge in [-0.05, 0) is 50.6 Å². The number of fused-ring (bicyclic) bond motifs is 3. The van der Waals surface area contributed by atoms with Gasteiger partial charge in [-0.3, -0.25) is 4.79 Å². The first-order chi connectivity index (χ1) is 13.5. The first-order valence-corrected chi connectivity index (χ1v) is 9.81. The number of aryl methyl sites for hydroxylation is 1. The lowest BCUT2D eigenvalue weighted by Gasteiger charge is -2.07. The molecule has 6 heteroatoms. The highest BCUT2D eigenvalue weighted by atomic mass is 32.1. The average Bonchev–Trinajstić information content (AvgIpc) is 3.18. The number of hydrogen-bond donors (Lipinski definition) is 1. The lowest BCUT2D eigenvalue weighted by Crippen LogP contribution is -2.14. The van der Waals surface area contributed by atoms with Crippen molar-refractivity contribution in [3.05, 3.63) is 64.0 Å². The summed E-state index contributed by atoms with van der Waals surface area (Å²) in [4.78, 5) is 26.2. The third-order valence-electron chi connectivity index (χ3n) is 4.73. The van der Waals surface area contributed by atoms with E-state index in [0.717, 1.165) is 32.4 Å². The van der Waals surface area contributed by atoms with Crippen molar-refractivity contribution >= 4 is 50.2 Å². The van der Waals surface area contributed by atoms with Crippen LogP contribution < -0.4 is 5.32 Å². The zero-order valence-electron chi connectivity index (χ0n) is 15.8. The van der Waals surface area contributed by atoms with Crippen molar-refractivity contribution in [2.45, 2.75) is 20.8 Å². The topological polar surface area (TPSA) is 68.5 Å². The number of hydrogen-bond acceptors (Lipinski definition) is 5. The SMILES string of the molecule is CCOC(=O)c1c(NC(=O)c2ccc3oc4ccccc4c3c2)sc(C)c1C. The second-order valence-corrected chi connectivity index (χ2v) is 7.70. The minimum absolute atomic E-state index is 0.279. The van der Waals surface area contributed by atoms with E-state index in [1.807, 2.05) is 44.2 Å². The Kier molecular flexibility index (Phi) is 4.65. The summed E-state index contributed by atoms with van der Waals surface area (Å²) in [5, 5.41) is 5.23. The molecule has 1 N–H and O–H groups in total. The second-order valence-electron chi connectivity index (χ2n) is 6.47. The molecule has 0 aliphatic heterocycles. The van der Waals surface area contributed by atoms with Crippen molar-refractivity contribution in [3.63, 3.8) is 0 Å². The maximum Gasteiger partial charge on any atom is 0.341 e. The first kappa shape index (κ1) is 18.3. The van der Waals surface area contributed by atoms with Crippen LogP contribution in [0.5, 0.6) is 0 Å². The molecule has 5 nitrogen and oxygen atoms in total. The summed E-state index contributed by atoms with van der Waals surface area (Å²) in [6, 6.07) is 13.0. The predicted molar refractivity (Wildman–Crippen MR) is 111 cm³/mol. The number of benzene rings is 2. The van der Waals surface area contributed by atoms with Crippen LogP contribution in [-0.2, 0) is 4.74 Å². The summed E-state index contributed by atoms with van der Waals surface area (Å²) >= 11 is 1.37. The molecule has 4 aromatic rings. The molecule has 0 radical (unpaired) electrons. The predicted octanol–water partition coefficient (Wildman–Crippen LogP) is 5.69. The van der Waals surface area contributed by atoms with E-state index in [9.17, 15) is 9.59 Å². The van der Waals surface area contributed by atoms with Crippen LogP contribution in [0.2, 0.25) is 0 Å². The molecular formula is C22H19NO4S. The van der Waals surface area contributed by atoms with Crippen LogP contribution >= 0.6 is 11.3 Å². The minimum atomic E-state index is -0.420. The molecule has 2 aromatic heterocycles. The van der Waals surface area contributed by atoms with Gasteiger partial charge in [0.25, 0.3) is 5.91 Å². The van der Waals surface area contributed by atoms with E-state index in [-0.39, 0.29) is 12.5 Å². The van der Waals surface area contributed by atoms with E-state index in [2.05, 4.69) is 5.32 Å². The lowest BCUT2D eigenvalue weighted by atomic mass is 10.1. The molecule has 0 bridgehead atoms. The lowest BCUT2D eigenvalue weighted by molar-refractivity contribution is 0.0527. The van der Waals surface area contributed by atoms with E-state index >= 15 is 0 Å². The Hall–Kier alpha value is -3.12. The Morgan fingerprint density at radius 2 is 1.82 bits per heavy atom. The highest BCUT2D eigenvalue weighted by Crippen LogP contribution is 2.34. The van der Waals surface area contributed by atoms with E-state index in [1.165, 1.54) is 11.3 Å². The van der Waals surface area contributed by atoms with E-state index in [0.29, 0.717) is 16.1 Å². The van der Waals surface area contributed by atoms with Crippen molar-refractivity contribution in [1.82, 2.24) is 0 Å². The molecule has 4 rings (SSSR count). The number of anilines is 1. The summed E-state index contributed by atoms with van der Waals surface area (Å²) in [5.74, 6) is -0.699. The Bertz CT molecular complexity index is 1220. The number of amides is 1. The average molecular weight is 393 g/mol. The van der Waals surface area contributed by atoms with Gasteiger partial charge in [0, 0.05) is 21.2 Å². The van der Waals surface area contributed by atoms with Crippen molar-refractivity contribution in [1.29, 1.82) is 0 Å². The summed E-state index contributed by atoms with van der Waals surface area (Å²) in [6.45, 7) is 5.82. The van der Waals surface area contributed by atoms with Gasteiger partial charge in [-0.2, -0.15) is 0 Å². The van der Waals surface area contributed by atoms with Crippen molar-refractivity contribution in [2.75, 3.05) is 11.9 Å². The van der Waals surface area contributed by atoms with Crippen molar-refractivity contribution < 1.29 is 18.7 Å². The number of furan rings is 1. The van der Waals surface area contributed by atoms with Gasteiger partial charge in [0.1, 0.15) is 16.2 Å². The molecule has 0 aliphatic carbocycles. The molecule has 1 amide bonds. The van der Waals surface area contributed by atoms with Crippen LogP contribution in [0.3, 0.4) is 0 Å². The monoisotopic (exact) mass is 393 g/mol. The van der Waals surface area contributed by atoms with Gasteiger partial charge in [-0.1, -0.05) is 18.2 Å². The van der Waals surface area contributed by atoms with Crippen LogP contribution in [0.4, 0.5) is 5.00 Å². The van der Waals surface area contributed by atoms with Gasteiger partial charge >= 0.3 is 5.97 Å². The highest BCUT2D eigenvalue weighted by molar-refractivity contribution is 7.16. The molecule has 2 aromatic carbocycles. The summed E-state index contributed by atoms with van der Waals surface area (Å²) < 4.78 is 11.0. The van der Waals surface area contributed by atoms with Gasteiger partial charge in [0.2, 0.25) is 0 Å². The molecule has 0 fully saturated rings. The fourth-order valence-corrected chi connectivity index (χ4v) is 4.25. The Labute approximate surface area is 165 Å². The van der Waals surface area contributed by atoms with E-state index in [4.69, 9.17) is 9.15 Å². The number of thiophene rings is 1. The number of para-hydroxylation sites is 1. The molecule has 0 spiro atoms. The molecule has 0 saturated carbocycles. The molecule has 0 unspecified atom stereocenters. The number of ether oxygens (including phenoxy) is 1. The Morgan fingerprint density at radius 1 is 1.07 bits per heavy atom. The van der Waals surface area contributed by atoms with Crippen molar-refractivity contribution in [2.24, 2.45) is 0 Å². The third kappa shape index (κ3) is 3.05. The fourth-order valence-electron chi connectivity index (χ4n) is 3.21. The largest absolute Gasteiger partial charge is 0.462 e. The summed E-state index contributed by atoms with van der Waals surface area (Å²) in [6.07, 6.45) is 0. The standard InChI is InChI=1S/C22H19NO4S/c1-4-26-22(25)19-12(2)13(3)28-21(19)23-20(24)14-9-10-18-16(11-14)15-7-5-6-8-17(15)27-18/h5-11H,4H2,1-3H3,(H,23,24). The van der Waals surface area contributed by atoms with Crippen molar-refractivity contribution in [3.8, 4) is 0 Å². The molecular weight excluding hydrogens is 374 g/mol.